The van der Waals surface area contributed by atoms with E-state index in [1.165, 1.54) is 21.5 Å². The summed E-state index contributed by atoms with van der Waals surface area (Å²) in [5.74, 6) is 0. The van der Waals surface area contributed by atoms with Gasteiger partial charge in [-0.05, 0) is 33.7 Å². The first-order valence-electron chi connectivity index (χ1n) is 5.75. The minimum atomic E-state index is -0.500. The van der Waals surface area contributed by atoms with E-state index in [0.29, 0.717) is 0 Å². The van der Waals surface area contributed by atoms with Crippen molar-refractivity contribution in [1.29, 1.82) is 0 Å². The van der Waals surface area contributed by atoms with E-state index in [9.17, 15) is 0 Å². The third kappa shape index (κ3) is 8.55. The molecule has 0 N–H and O–H groups in total. The maximum Gasteiger partial charge on any atom is 1.00 e. The Kier molecular flexibility index (Phi) is 17.3. The Hall–Kier alpha value is 0.730. The average molecular weight is 439 g/mol. The van der Waals surface area contributed by atoms with Gasteiger partial charge in [0.2, 0.25) is 0 Å². The number of carboxylic acid groups (broad SMARTS) is 2. The van der Waals surface area contributed by atoms with Crippen molar-refractivity contribution in [3.05, 3.63) is 60.7 Å². The van der Waals surface area contributed by atoms with Crippen molar-refractivity contribution >= 4 is 34.5 Å². The molecule has 3 rings (SSSR count). The van der Waals surface area contributed by atoms with Gasteiger partial charge in [-0.1, -0.05) is 48.5 Å². The number of hydrogen-bond donors (Lipinski definition) is 0. The fourth-order valence-electron chi connectivity index (χ4n) is 1.88. The minimum Gasteiger partial charge on any atom is -0.554 e. The normalized spacial score (nSPS) is 8.00. The maximum atomic E-state index is 8.25. The Balaban J connectivity index is 0. The van der Waals surface area contributed by atoms with Crippen LogP contribution in [-0.2, 0) is 9.59 Å². The topological polar surface area (TPSA) is 80.3 Å². The van der Waals surface area contributed by atoms with Crippen LogP contribution in [0.1, 0.15) is 0 Å². The third-order valence-electron chi connectivity index (χ3n) is 2.61. The summed E-state index contributed by atoms with van der Waals surface area (Å²) >= 11 is 0. The van der Waals surface area contributed by atoms with Crippen LogP contribution in [0.15, 0.2) is 60.7 Å². The molecule has 0 atom stereocenters. The van der Waals surface area contributed by atoms with Gasteiger partial charge >= 0.3 is 116 Å². The zero-order valence-electron chi connectivity index (χ0n) is 12.6. The largest absolute Gasteiger partial charge is 1.00 e. The monoisotopic (exact) mass is 438 g/mol. The van der Waals surface area contributed by atoms with Gasteiger partial charge in [0, 0.05) is 12.9 Å². The average Bonchev–Trinajstić information content (AvgIpc) is 2.47. The van der Waals surface area contributed by atoms with Crippen LogP contribution in [0, 0.1) is 0 Å². The minimum absolute atomic E-state index is 0. The Labute approximate surface area is 226 Å². The van der Waals surface area contributed by atoms with Crippen molar-refractivity contribution in [1.82, 2.24) is 0 Å². The van der Waals surface area contributed by atoms with Gasteiger partial charge in [-0.2, -0.15) is 0 Å². The number of rotatable bonds is 0. The van der Waals surface area contributed by atoms with Gasteiger partial charge in [-0.3, -0.25) is 0 Å². The summed E-state index contributed by atoms with van der Waals surface area (Å²) in [7, 11) is 0. The zero-order chi connectivity index (χ0) is 14.8. The first kappa shape index (κ1) is 25.0. The Bertz CT molecular complexity index is 591. The summed E-state index contributed by atoms with van der Waals surface area (Å²) in [6.07, 6.45) is 0. The van der Waals surface area contributed by atoms with Gasteiger partial charge in [-0.15, -0.1) is 0 Å². The van der Waals surface area contributed by atoms with E-state index in [0.717, 1.165) is 0 Å². The van der Waals surface area contributed by atoms with Gasteiger partial charge in [0.05, 0.1) is 0 Å². The van der Waals surface area contributed by atoms with E-state index >= 15 is 0 Å². The Morgan fingerprint density at radius 2 is 0.773 bits per heavy atom. The van der Waals surface area contributed by atoms with Crippen LogP contribution in [0.5, 0.6) is 0 Å². The maximum absolute atomic E-state index is 8.25. The molecule has 0 radical (unpaired) electrons. The van der Waals surface area contributed by atoms with Crippen LogP contribution in [0.3, 0.4) is 0 Å². The SMILES string of the molecule is O=C[O-].O=C[O-].[Rb+].[Rb+].c1ccc2cc3ccccc3cc2c1. The van der Waals surface area contributed by atoms with E-state index in [-0.39, 0.29) is 116 Å². The fraction of sp³-hybridized carbons (Fsp3) is 0. The fourth-order valence-corrected chi connectivity index (χ4v) is 1.88. The second-order valence-electron chi connectivity index (χ2n) is 3.74. The molecular weight excluding hydrogens is 427 g/mol. The quantitative estimate of drug-likeness (QED) is 0.259. The van der Waals surface area contributed by atoms with Crippen LogP contribution in [0.2, 0.25) is 0 Å². The Morgan fingerprint density at radius 3 is 0.955 bits per heavy atom. The molecule has 0 heterocycles. The van der Waals surface area contributed by atoms with Crippen molar-refractivity contribution in [2.75, 3.05) is 0 Å². The van der Waals surface area contributed by atoms with Gasteiger partial charge in [0.15, 0.2) is 0 Å². The molecule has 102 valence electrons. The Morgan fingerprint density at radius 1 is 0.591 bits per heavy atom. The summed E-state index contributed by atoms with van der Waals surface area (Å²) < 4.78 is 0. The molecule has 0 aromatic heterocycles. The second kappa shape index (κ2) is 15.3. The number of benzene rings is 3. The van der Waals surface area contributed by atoms with Crippen molar-refractivity contribution < 1.29 is 136 Å². The molecule has 0 aliphatic carbocycles. The molecule has 3 aromatic carbocycles. The molecule has 3 aromatic rings. The smallest absolute Gasteiger partial charge is 0.554 e. The molecule has 22 heavy (non-hydrogen) atoms. The van der Waals surface area contributed by atoms with Gasteiger partial charge in [0.1, 0.15) is 0 Å². The van der Waals surface area contributed by atoms with Gasteiger partial charge in [-0.25, -0.2) is 0 Å². The van der Waals surface area contributed by atoms with Crippen molar-refractivity contribution in [2.24, 2.45) is 0 Å². The van der Waals surface area contributed by atoms with E-state index in [1.54, 1.807) is 0 Å². The van der Waals surface area contributed by atoms with E-state index in [4.69, 9.17) is 19.8 Å². The van der Waals surface area contributed by atoms with E-state index < -0.39 is 12.9 Å². The molecule has 0 aliphatic heterocycles. The van der Waals surface area contributed by atoms with Gasteiger partial charge in [0.25, 0.3) is 0 Å². The molecule has 0 saturated carbocycles. The summed E-state index contributed by atoms with van der Waals surface area (Å²) in [5, 5.41) is 21.7. The molecule has 0 spiro atoms. The molecule has 0 amide bonds. The van der Waals surface area contributed by atoms with Gasteiger partial charge < -0.3 is 19.8 Å². The number of fused-ring (bicyclic) bond motifs is 2. The molecule has 0 unspecified atom stereocenters. The predicted molar refractivity (Wildman–Crippen MR) is 73.6 cm³/mol. The third-order valence-corrected chi connectivity index (χ3v) is 2.61. The molecule has 0 fully saturated rings. The van der Waals surface area contributed by atoms with Crippen molar-refractivity contribution in [2.45, 2.75) is 0 Å². The first-order valence-corrected chi connectivity index (χ1v) is 5.75. The molecule has 0 aliphatic rings. The van der Waals surface area contributed by atoms with Crippen LogP contribution >= 0.6 is 0 Å². The van der Waals surface area contributed by atoms with Crippen LogP contribution in [0.4, 0.5) is 0 Å². The summed E-state index contributed by atoms with van der Waals surface area (Å²) in [4.78, 5) is 16.5. The van der Waals surface area contributed by atoms with Crippen LogP contribution in [0.25, 0.3) is 21.5 Å². The molecule has 4 nitrogen and oxygen atoms in total. The summed E-state index contributed by atoms with van der Waals surface area (Å²) in [6.45, 7) is -1.00. The number of carbonyl (C=O) groups excluding carboxylic acids is 2. The van der Waals surface area contributed by atoms with E-state index in [1.807, 2.05) is 0 Å². The van der Waals surface area contributed by atoms with Crippen LogP contribution < -0.4 is 127 Å². The van der Waals surface area contributed by atoms with Crippen molar-refractivity contribution in [3.8, 4) is 0 Å². The van der Waals surface area contributed by atoms with E-state index in [2.05, 4.69) is 60.7 Å². The van der Waals surface area contributed by atoms with Crippen LogP contribution in [-0.4, -0.2) is 12.9 Å². The van der Waals surface area contributed by atoms with Crippen molar-refractivity contribution in [3.63, 3.8) is 0 Å². The molecule has 0 saturated heterocycles. The summed E-state index contributed by atoms with van der Waals surface area (Å²) in [6, 6.07) is 21.4. The zero-order valence-corrected chi connectivity index (χ0v) is 22.4. The molecule has 6 heteroatoms. The summed E-state index contributed by atoms with van der Waals surface area (Å²) in [5.41, 5.74) is 0. The number of carbonyl (C=O) groups is 2. The number of hydrogen-bond acceptors (Lipinski definition) is 4. The molecular formula is C16H12O4Rb2. The second-order valence-corrected chi connectivity index (χ2v) is 3.74. The standard InChI is InChI=1S/C14H10.2CH2O2.2Rb/c1-2-6-12-10-14-8-4-3-7-13(14)9-11(12)5-1;2*2-1-3;;/h1-10H;2*1H,(H,2,3);;/q;;;2*+1/p-2. The predicted octanol–water partition coefficient (Wildman–Crippen LogP) is -5.27. The molecule has 0 bridgehead atoms. The first-order chi connectivity index (χ1) is 9.76.